The average molecular weight is 367 g/mol. The summed E-state index contributed by atoms with van der Waals surface area (Å²) in [4.78, 5) is 0. The van der Waals surface area contributed by atoms with Crippen molar-refractivity contribution in [2.24, 2.45) is 7.05 Å². The Balaban J connectivity index is 2.21. The number of alkyl halides is 3. The van der Waals surface area contributed by atoms with Crippen molar-refractivity contribution >= 4 is 28.8 Å². The third-order valence-corrected chi connectivity index (χ3v) is 4.06. The van der Waals surface area contributed by atoms with Gasteiger partial charge in [0.1, 0.15) is 23.9 Å². The summed E-state index contributed by atoms with van der Waals surface area (Å²) in [5, 5.41) is 3.06. The predicted molar refractivity (Wildman–Crippen MR) is 77.9 cm³/mol. The minimum Gasteiger partial charge on any atom is -0.488 e. The van der Waals surface area contributed by atoms with Crippen LogP contribution in [-0.2, 0) is 13.2 Å². The van der Waals surface area contributed by atoms with E-state index in [2.05, 4.69) is 5.10 Å². The van der Waals surface area contributed by atoms with E-state index < -0.39 is 22.7 Å². The Morgan fingerprint density at radius 2 is 2.00 bits per heavy atom. The molecule has 0 spiro atoms. The molecule has 3 rings (SSSR count). The summed E-state index contributed by atoms with van der Waals surface area (Å²) in [6, 6.07) is 2.41. The number of halogens is 6. The lowest BCUT2D eigenvalue weighted by molar-refractivity contribution is -0.143. The first-order chi connectivity index (χ1) is 10.7. The van der Waals surface area contributed by atoms with Gasteiger partial charge in [0.2, 0.25) is 0 Å². The zero-order valence-corrected chi connectivity index (χ0v) is 13.0. The minimum absolute atomic E-state index is 0.152. The van der Waals surface area contributed by atoms with Crippen molar-refractivity contribution < 1.29 is 22.3 Å². The second-order valence-corrected chi connectivity index (χ2v) is 5.48. The van der Waals surface area contributed by atoms with Crippen LogP contribution in [0.1, 0.15) is 11.3 Å². The lowest BCUT2D eigenvalue weighted by atomic mass is 10.0. The largest absolute Gasteiger partial charge is 0.488 e. The van der Waals surface area contributed by atoms with Gasteiger partial charge in [0.15, 0.2) is 5.69 Å². The summed E-state index contributed by atoms with van der Waals surface area (Å²) in [5.74, 6) is -0.519. The predicted octanol–water partition coefficient (Wildman–Crippen LogP) is 4.87. The van der Waals surface area contributed by atoms with Crippen LogP contribution in [0.25, 0.3) is 16.8 Å². The average Bonchev–Trinajstić information content (AvgIpc) is 2.97. The molecule has 0 amide bonds. The Morgan fingerprint density at radius 1 is 1.30 bits per heavy atom. The maximum atomic E-state index is 14.3. The van der Waals surface area contributed by atoms with E-state index in [1.54, 1.807) is 0 Å². The fraction of sp³-hybridized carbons (Fsp3) is 0.214. The Kier molecular flexibility index (Phi) is 3.80. The van der Waals surface area contributed by atoms with Gasteiger partial charge in [0, 0.05) is 35.3 Å². The molecule has 0 unspecified atom stereocenters. The number of fused-ring (bicyclic) bond motifs is 1. The maximum Gasteiger partial charge on any atom is 0.434 e. The van der Waals surface area contributed by atoms with Gasteiger partial charge in [-0.1, -0.05) is 23.2 Å². The number of aromatic nitrogens is 2. The fourth-order valence-corrected chi connectivity index (χ4v) is 2.96. The van der Waals surface area contributed by atoms with E-state index in [9.17, 15) is 17.6 Å². The van der Waals surface area contributed by atoms with Crippen molar-refractivity contribution in [3.05, 3.63) is 39.8 Å². The highest BCUT2D eigenvalue weighted by Gasteiger charge is 2.39. The summed E-state index contributed by atoms with van der Waals surface area (Å²) in [7, 11) is 1.09. The van der Waals surface area contributed by atoms with Gasteiger partial charge in [0.05, 0.1) is 5.02 Å². The molecule has 0 aliphatic carbocycles. The molecule has 1 aliphatic heterocycles. The molecular weight excluding hydrogens is 359 g/mol. The first-order valence-electron chi connectivity index (χ1n) is 6.30. The zero-order valence-electron chi connectivity index (χ0n) is 11.5. The van der Waals surface area contributed by atoms with E-state index in [0.717, 1.165) is 13.1 Å². The van der Waals surface area contributed by atoms with Crippen LogP contribution in [0, 0.1) is 5.82 Å². The van der Waals surface area contributed by atoms with E-state index >= 15 is 0 Å². The van der Waals surface area contributed by atoms with E-state index in [1.807, 2.05) is 0 Å². The third kappa shape index (κ3) is 2.57. The number of rotatable bonds is 1. The molecule has 9 heteroatoms. The second-order valence-electron chi connectivity index (χ2n) is 4.88. The summed E-state index contributed by atoms with van der Waals surface area (Å²) < 4.78 is 59.1. The van der Waals surface area contributed by atoms with E-state index in [1.165, 1.54) is 11.6 Å². The van der Waals surface area contributed by atoms with E-state index in [4.69, 9.17) is 27.9 Å². The molecule has 0 saturated carbocycles. The standard InChI is InChI=1S/C14H8Cl2F4N2O/c1-22-13(14(18,19)20)11(16)12(21-22)8-2-7-6(4-15)5-23-10(7)3-9(8)17/h2-4H,5H2,1H3. The van der Waals surface area contributed by atoms with Crippen LogP contribution in [0.15, 0.2) is 17.7 Å². The smallest absolute Gasteiger partial charge is 0.434 e. The Bertz CT molecular complexity index is 827. The van der Waals surface area contributed by atoms with Gasteiger partial charge >= 0.3 is 6.18 Å². The lowest BCUT2D eigenvalue weighted by Crippen LogP contribution is -2.12. The van der Waals surface area contributed by atoms with Crippen LogP contribution in [0.3, 0.4) is 0 Å². The van der Waals surface area contributed by atoms with Crippen molar-refractivity contribution in [2.45, 2.75) is 6.18 Å². The normalized spacial score (nSPS) is 15.9. The quantitative estimate of drug-likeness (QED) is 0.673. The van der Waals surface area contributed by atoms with Gasteiger partial charge in [-0.25, -0.2) is 4.39 Å². The van der Waals surface area contributed by atoms with Crippen molar-refractivity contribution in [1.82, 2.24) is 9.78 Å². The van der Waals surface area contributed by atoms with Crippen LogP contribution >= 0.6 is 23.2 Å². The summed E-state index contributed by atoms with van der Waals surface area (Å²) in [5.41, 5.74) is 0.773. The SMILES string of the molecule is Cn1nc(-c2cc3c(cc2F)OCC3=CCl)c(Cl)c1C(F)(F)F. The van der Waals surface area contributed by atoms with Crippen molar-refractivity contribution in [3.8, 4) is 17.0 Å². The van der Waals surface area contributed by atoms with E-state index in [0.29, 0.717) is 15.8 Å². The van der Waals surface area contributed by atoms with Crippen molar-refractivity contribution in [2.75, 3.05) is 6.61 Å². The summed E-state index contributed by atoms with van der Waals surface area (Å²) in [6.45, 7) is 0.158. The highest BCUT2D eigenvalue weighted by atomic mass is 35.5. The molecule has 0 radical (unpaired) electrons. The highest BCUT2D eigenvalue weighted by molar-refractivity contribution is 6.34. The molecule has 1 aliphatic rings. The van der Waals surface area contributed by atoms with Gasteiger partial charge < -0.3 is 4.74 Å². The molecule has 23 heavy (non-hydrogen) atoms. The molecule has 122 valence electrons. The maximum absolute atomic E-state index is 14.3. The van der Waals surface area contributed by atoms with Gasteiger partial charge in [-0.05, 0) is 6.07 Å². The monoisotopic (exact) mass is 366 g/mol. The molecule has 0 bridgehead atoms. The summed E-state index contributed by atoms with van der Waals surface area (Å²) in [6.07, 6.45) is -4.70. The number of hydrogen-bond acceptors (Lipinski definition) is 2. The van der Waals surface area contributed by atoms with Crippen molar-refractivity contribution in [3.63, 3.8) is 0 Å². The highest BCUT2D eigenvalue weighted by Crippen LogP contribution is 2.43. The van der Waals surface area contributed by atoms with Crippen LogP contribution in [-0.4, -0.2) is 16.4 Å². The molecule has 1 aromatic heterocycles. The molecule has 1 aromatic carbocycles. The number of hydrogen-bond donors (Lipinski definition) is 0. The molecule has 0 saturated heterocycles. The Morgan fingerprint density at radius 3 is 2.57 bits per heavy atom. The van der Waals surface area contributed by atoms with E-state index in [-0.39, 0.29) is 23.6 Å². The van der Waals surface area contributed by atoms with Crippen LogP contribution in [0.4, 0.5) is 17.6 Å². The molecule has 0 atom stereocenters. The topological polar surface area (TPSA) is 27.1 Å². The first kappa shape index (κ1) is 16.1. The van der Waals surface area contributed by atoms with Gasteiger partial charge in [-0.15, -0.1) is 0 Å². The van der Waals surface area contributed by atoms with Crippen LogP contribution < -0.4 is 4.74 Å². The Labute approximate surface area is 138 Å². The van der Waals surface area contributed by atoms with Crippen LogP contribution in [0.5, 0.6) is 5.75 Å². The van der Waals surface area contributed by atoms with Crippen LogP contribution in [0.2, 0.25) is 5.02 Å². The zero-order chi connectivity index (χ0) is 16.9. The second kappa shape index (κ2) is 5.42. The van der Waals surface area contributed by atoms with Gasteiger partial charge in [-0.2, -0.15) is 18.3 Å². The number of aryl methyl sites for hydroxylation is 1. The summed E-state index contributed by atoms with van der Waals surface area (Å²) >= 11 is 11.5. The van der Waals surface area contributed by atoms with Crippen molar-refractivity contribution in [1.29, 1.82) is 0 Å². The number of nitrogens with zero attached hydrogens (tertiary/aromatic N) is 2. The molecular formula is C14H8Cl2F4N2O. The fourth-order valence-electron chi connectivity index (χ4n) is 2.41. The van der Waals surface area contributed by atoms with Gasteiger partial charge in [-0.3, -0.25) is 4.68 Å². The first-order valence-corrected chi connectivity index (χ1v) is 7.11. The molecule has 2 heterocycles. The molecule has 0 fully saturated rings. The molecule has 0 N–H and O–H groups in total. The minimum atomic E-state index is -4.70. The number of ether oxygens (including phenoxy) is 1. The number of benzene rings is 1. The Hall–Kier alpha value is -1.73. The van der Waals surface area contributed by atoms with Gasteiger partial charge in [0.25, 0.3) is 0 Å². The molecule has 3 nitrogen and oxygen atoms in total. The molecule has 2 aromatic rings. The third-order valence-electron chi connectivity index (χ3n) is 3.44. The lowest BCUT2D eigenvalue weighted by Gasteiger charge is -2.06.